The Labute approximate surface area is 143 Å². The molecular formula is C21H23NO2. The van der Waals surface area contributed by atoms with E-state index in [4.69, 9.17) is 14.1 Å². The molecule has 0 aliphatic heterocycles. The fourth-order valence-electron chi connectivity index (χ4n) is 2.70. The lowest BCUT2D eigenvalue weighted by atomic mass is 9.89. The first-order chi connectivity index (χ1) is 11.5. The van der Waals surface area contributed by atoms with Gasteiger partial charge in [0.05, 0.1) is 12.8 Å². The molecule has 3 heteroatoms. The van der Waals surface area contributed by atoms with Crippen molar-refractivity contribution in [2.45, 2.75) is 32.6 Å². The summed E-state index contributed by atoms with van der Waals surface area (Å²) in [6.07, 6.45) is 0.747. The highest BCUT2D eigenvalue weighted by atomic mass is 16.5. The summed E-state index contributed by atoms with van der Waals surface area (Å²) in [5.41, 5.74) is 3.12. The highest BCUT2D eigenvalue weighted by molar-refractivity contribution is 5.55. The van der Waals surface area contributed by atoms with Crippen LogP contribution in [0.5, 0.6) is 5.75 Å². The third-order valence-electron chi connectivity index (χ3n) is 3.95. The second-order valence-electron chi connectivity index (χ2n) is 6.93. The summed E-state index contributed by atoms with van der Waals surface area (Å²) in [5.74, 6) is 2.42. The fourth-order valence-corrected chi connectivity index (χ4v) is 2.70. The van der Waals surface area contributed by atoms with Gasteiger partial charge in [-0.05, 0) is 29.8 Å². The number of hydrogen-bond donors (Lipinski definition) is 0. The van der Waals surface area contributed by atoms with Crippen LogP contribution in [-0.2, 0) is 11.8 Å². The molecule has 24 heavy (non-hydrogen) atoms. The van der Waals surface area contributed by atoms with E-state index >= 15 is 0 Å². The summed E-state index contributed by atoms with van der Waals surface area (Å²) in [7, 11) is 1.66. The number of aromatic nitrogens is 1. The van der Waals surface area contributed by atoms with Gasteiger partial charge in [0.15, 0.2) is 0 Å². The highest BCUT2D eigenvalue weighted by Gasteiger charge is 2.25. The van der Waals surface area contributed by atoms with Crippen LogP contribution in [0.15, 0.2) is 59.0 Å². The first kappa shape index (κ1) is 16.3. The molecule has 0 spiro atoms. The van der Waals surface area contributed by atoms with Crippen molar-refractivity contribution in [2.24, 2.45) is 0 Å². The summed E-state index contributed by atoms with van der Waals surface area (Å²) < 4.78 is 11.4. The average molecular weight is 321 g/mol. The number of rotatable bonds is 4. The molecule has 0 aliphatic carbocycles. The van der Waals surface area contributed by atoms with Crippen molar-refractivity contribution in [3.05, 3.63) is 71.6 Å². The number of hydrogen-bond acceptors (Lipinski definition) is 3. The van der Waals surface area contributed by atoms with Gasteiger partial charge in [-0.15, -0.1) is 0 Å². The van der Waals surface area contributed by atoms with Gasteiger partial charge in [-0.3, -0.25) is 0 Å². The third-order valence-corrected chi connectivity index (χ3v) is 3.95. The van der Waals surface area contributed by atoms with Gasteiger partial charge < -0.3 is 9.15 Å². The minimum atomic E-state index is -0.0711. The van der Waals surface area contributed by atoms with E-state index < -0.39 is 0 Å². The number of benzene rings is 2. The Kier molecular flexibility index (Phi) is 4.43. The van der Waals surface area contributed by atoms with Crippen molar-refractivity contribution in [1.29, 1.82) is 0 Å². The summed E-state index contributed by atoms with van der Waals surface area (Å²) >= 11 is 0. The van der Waals surface area contributed by atoms with Gasteiger partial charge >= 0.3 is 0 Å². The Morgan fingerprint density at radius 3 is 2.21 bits per heavy atom. The van der Waals surface area contributed by atoms with Gasteiger partial charge in [0, 0.05) is 17.4 Å². The van der Waals surface area contributed by atoms with E-state index in [9.17, 15) is 0 Å². The predicted octanol–water partition coefficient (Wildman–Crippen LogP) is 5.24. The molecule has 0 atom stereocenters. The molecule has 2 aromatic carbocycles. The maximum absolute atomic E-state index is 6.15. The largest absolute Gasteiger partial charge is 0.497 e. The molecule has 0 unspecified atom stereocenters. The van der Waals surface area contributed by atoms with Crippen LogP contribution in [0.1, 0.15) is 37.8 Å². The summed E-state index contributed by atoms with van der Waals surface area (Å²) in [6, 6.07) is 18.1. The molecule has 3 rings (SSSR count). The molecule has 0 saturated heterocycles. The lowest BCUT2D eigenvalue weighted by Gasteiger charge is -2.16. The molecule has 0 fully saturated rings. The van der Waals surface area contributed by atoms with Crippen molar-refractivity contribution in [3.8, 4) is 17.2 Å². The Bertz CT molecular complexity index is 796. The molecule has 0 bridgehead atoms. The minimum Gasteiger partial charge on any atom is -0.497 e. The Morgan fingerprint density at radius 2 is 1.62 bits per heavy atom. The van der Waals surface area contributed by atoms with Crippen LogP contribution in [0.2, 0.25) is 0 Å². The topological polar surface area (TPSA) is 35.3 Å². The predicted molar refractivity (Wildman–Crippen MR) is 96.4 cm³/mol. The zero-order chi connectivity index (χ0) is 17.2. The molecule has 1 aromatic heterocycles. The van der Waals surface area contributed by atoms with Gasteiger partial charge in [-0.1, -0.05) is 51.1 Å². The lowest BCUT2D eigenvalue weighted by molar-refractivity contribution is 0.415. The Balaban J connectivity index is 1.99. The Morgan fingerprint density at radius 1 is 0.958 bits per heavy atom. The third kappa shape index (κ3) is 3.51. The SMILES string of the molecule is COc1ccc(-c2nc(C(C)(C)C)c(Cc3ccccc3)o2)cc1. The smallest absolute Gasteiger partial charge is 0.226 e. The minimum absolute atomic E-state index is 0.0711. The summed E-state index contributed by atoms with van der Waals surface area (Å²) in [6.45, 7) is 6.49. The standard InChI is InChI=1S/C21H23NO2/c1-21(2,3)19-18(14-15-8-6-5-7-9-15)24-20(22-19)16-10-12-17(23-4)13-11-16/h5-13H,14H2,1-4H3. The zero-order valence-corrected chi connectivity index (χ0v) is 14.7. The maximum atomic E-state index is 6.15. The molecule has 3 aromatic rings. The maximum Gasteiger partial charge on any atom is 0.226 e. The number of ether oxygens (including phenoxy) is 1. The average Bonchev–Trinajstić information content (AvgIpc) is 3.00. The van der Waals surface area contributed by atoms with Gasteiger partial charge in [-0.25, -0.2) is 4.98 Å². The lowest BCUT2D eigenvalue weighted by Crippen LogP contribution is -2.14. The van der Waals surface area contributed by atoms with E-state index in [0.717, 1.165) is 29.2 Å². The molecule has 124 valence electrons. The van der Waals surface area contributed by atoms with Gasteiger partial charge in [0.1, 0.15) is 11.5 Å². The van der Waals surface area contributed by atoms with E-state index in [1.807, 2.05) is 42.5 Å². The van der Waals surface area contributed by atoms with E-state index in [1.165, 1.54) is 5.56 Å². The van der Waals surface area contributed by atoms with E-state index in [0.29, 0.717) is 5.89 Å². The molecule has 3 nitrogen and oxygen atoms in total. The molecule has 0 amide bonds. The molecule has 0 saturated carbocycles. The van der Waals surface area contributed by atoms with E-state index in [-0.39, 0.29) is 5.41 Å². The quantitative estimate of drug-likeness (QED) is 0.659. The monoisotopic (exact) mass is 321 g/mol. The van der Waals surface area contributed by atoms with Crippen molar-refractivity contribution in [1.82, 2.24) is 4.98 Å². The van der Waals surface area contributed by atoms with Crippen LogP contribution >= 0.6 is 0 Å². The molecule has 0 aliphatic rings. The van der Waals surface area contributed by atoms with Crippen LogP contribution in [0.3, 0.4) is 0 Å². The van der Waals surface area contributed by atoms with Crippen LogP contribution in [-0.4, -0.2) is 12.1 Å². The van der Waals surface area contributed by atoms with Crippen molar-refractivity contribution >= 4 is 0 Å². The van der Waals surface area contributed by atoms with Crippen molar-refractivity contribution < 1.29 is 9.15 Å². The molecular weight excluding hydrogens is 298 g/mol. The summed E-state index contributed by atoms with van der Waals surface area (Å²) in [5, 5.41) is 0. The molecule has 0 N–H and O–H groups in total. The van der Waals surface area contributed by atoms with Crippen LogP contribution in [0.4, 0.5) is 0 Å². The van der Waals surface area contributed by atoms with Crippen LogP contribution in [0, 0.1) is 0 Å². The zero-order valence-electron chi connectivity index (χ0n) is 14.7. The second-order valence-corrected chi connectivity index (χ2v) is 6.93. The van der Waals surface area contributed by atoms with Gasteiger partial charge in [-0.2, -0.15) is 0 Å². The Hall–Kier alpha value is -2.55. The molecule has 0 radical (unpaired) electrons. The first-order valence-electron chi connectivity index (χ1n) is 8.16. The van der Waals surface area contributed by atoms with E-state index in [2.05, 4.69) is 32.9 Å². The highest BCUT2D eigenvalue weighted by Crippen LogP contribution is 2.32. The van der Waals surface area contributed by atoms with Crippen molar-refractivity contribution in [3.63, 3.8) is 0 Å². The molecule has 1 heterocycles. The van der Waals surface area contributed by atoms with Crippen LogP contribution < -0.4 is 4.74 Å². The van der Waals surface area contributed by atoms with Gasteiger partial charge in [0.2, 0.25) is 5.89 Å². The van der Waals surface area contributed by atoms with Crippen LogP contribution in [0.25, 0.3) is 11.5 Å². The first-order valence-corrected chi connectivity index (χ1v) is 8.16. The number of oxazole rings is 1. The fraction of sp³-hybridized carbons (Fsp3) is 0.286. The number of methoxy groups -OCH3 is 1. The van der Waals surface area contributed by atoms with Crippen molar-refractivity contribution in [2.75, 3.05) is 7.11 Å². The normalized spacial score (nSPS) is 11.5. The second kappa shape index (κ2) is 6.52. The summed E-state index contributed by atoms with van der Waals surface area (Å²) in [4.78, 5) is 4.80. The van der Waals surface area contributed by atoms with Gasteiger partial charge in [0.25, 0.3) is 0 Å². The number of nitrogens with zero attached hydrogens (tertiary/aromatic N) is 1. The van der Waals surface area contributed by atoms with E-state index in [1.54, 1.807) is 7.11 Å².